The van der Waals surface area contributed by atoms with Crippen molar-refractivity contribution in [3.63, 3.8) is 0 Å². The summed E-state index contributed by atoms with van der Waals surface area (Å²) in [6.45, 7) is 0. The van der Waals surface area contributed by atoms with Gasteiger partial charge >= 0.3 is 0 Å². The van der Waals surface area contributed by atoms with Crippen LogP contribution in [0.15, 0.2) is 44.9 Å². The van der Waals surface area contributed by atoms with Gasteiger partial charge in [0.15, 0.2) is 0 Å². The Morgan fingerprint density at radius 3 is 2.43 bits per heavy atom. The molecule has 0 atom stereocenters. The van der Waals surface area contributed by atoms with Crippen molar-refractivity contribution in [2.45, 2.75) is 8.42 Å². The number of hydrogen-bond acceptors (Lipinski definition) is 5. The van der Waals surface area contributed by atoms with Crippen molar-refractivity contribution in [2.24, 2.45) is 5.14 Å². The number of para-hydroxylation sites is 1. The number of fused-ring (bicyclic) bond motifs is 1. The Kier molecular flexibility index (Phi) is 3.89. The number of aromatic amines is 1. The summed E-state index contributed by atoms with van der Waals surface area (Å²) in [4.78, 5) is 2.89. The van der Waals surface area contributed by atoms with Crippen molar-refractivity contribution < 1.29 is 16.8 Å². The highest BCUT2D eigenvalue weighted by Crippen LogP contribution is 2.31. The van der Waals surface area contributed by atoms with E-state index in [0.717, 1.165) is 6.07 Å². The number of benzene rings is 1. The molecule has 0 saturated carbocycles. The van der Waals surface area contributed by atoms with E-state index in [1.807, 2.05) is 0 Å². The van der Waals surface area contributed by atoms with Crippen LogP contribution in [0.25, 0.3) is 10.9 Å². The van der Waals surface area contributed by atoms with Crippen molar-refractivity contribution in [1.82, 2.24) is 4.98 Å². The molecule has 3 aromatic rings. The largest absolute Gasteiger partial charge is 0.358 e. The number of sulfonamides is 2. The van der Waals surface area contributed by atoms with Gasteiger partial charge in [0.2, 0.25) is 10.0 Å². The molecule has 0 amide bonds. The second-order valence-electron chi connectivity index (χ2n) is 4.59. The van der Waals surface area contributed by atoms with E-state index in [2.05, 4.69) is 9.71 Å². The van der Waals surface area contributed by atoms with Crippen LogP contribution in [-0.4, -0.2) is 21.8 Å². The lowest BCUT2D eigenvalue weighted by molar-refractivity contribution is 0.599. The normalized spacial score (nSPS) is 12.6. The van der Waals surface area contributed by atoms with Crippen molar-refractivity contribution in [1.29, 1.82) is 0 Å². The summed E-state index contributed by atoms with van der Waals surface area (Å²) >= 11 is 6.58. The van der Waals surface area contributed by atoms with Gasteiger partial charge in [-0.25, -0.2) is 22.0 Å². The van der Waals surface area contributed by atoms with Crippen LogP contribution in [0.5, 0.6) is 0 Å². The molecule has 4 N–H and O–H groups in total. The van der Waals surface area contributed by atoms with Crippen LogP contribution in [0.3, 0.4) is 0 Å². The third kappa shape index (κ3) is 3.08. The fourth-order valence-electron chi connectivity index (χ4n) is 2.00. The Labute approximate surface area is 141 Å². The Hall–Kier alpha value is -1.59. The minimum Gasteiger partial charge on any atom is -0.358 e. The third-order valence-electron chi connectivity index (χ3n) is 3.01. The third-order valence-corrected chi connectivity index (χ3v) is 7.71. The van der Waals surface area contributed by atoms with E-state index in [-0.39, 0.29) is 8.42 Å². The number of rotatable bonds is 4. The van der Waals surface area contributed by atoms with E-state index < -0.39 is 20.0 Å². The Balaban J connectivity index is 2.02. The predicted molar refractivity (Wildman–Crippen MR) is 89.8 cm³/mol. The van der Waals surface area contributed by atoms with Crippen molar-refractivity contribution in [3.8, 4) is 0 Å². The Bertz CT molecular complexity index is 1100. The first kappa shape index (κ1) is 16.3. The monoisotopic (exact) mass is 391 g/mol. The maximum Gasteiger partial charge on any atom is 0.271 e. The fourth-order valence-corrected chi connectivity index (χ4v) is 5.47. The van der Waals surface area contributed by atoms with E-state index >= 15 is 0 Å². The second kappa shape index (κ2) is 5.49. The van der Waals surface area contributed by atoms with Crippen LogP contribution in [0.2, 0.25) is 5.02 Å². The zero-order valence-corrected chi connectivity index (χ0v) is 14.5. The molecule has 2 heterocycles. The van der Waals surface area contributed by atoms with Crippen LogP contribution in [0.4, 0.5) is 5.69 Å². The summed E-state index contributed by atoms with van der Waals surface area (Å²) in [6, 6.07) is 7.32. The SMILES string of the molecule is NS(=O)(=O)c1ccc(S(=O)(=O)Nc2cccc3c(Cl)c[nH]c23)s1. The number of primary sulfonamides is 1. The maximum absolute atomic E-state index is 12.4. The topological polar surface area (TPSA) is 122 Å². The molecule has 0 bridgehead atoms. The molecule has 11 heteroatoms. The van der Waals surface area contributed by atoms with Gasteiger partial charge in [0.05, 0.1) is 16.2 Å². The molecule has 0 aliphatic heterocycles. The number of nitrogens with one attached hydrogen (secondary N) is 2. The first-order valence-corrected chi connectivity index (χ1v) is 10.3. The minimum atomic E-state index is -3.95. The van der Waals surface area contributed by atoms with Crippen molar-refractivity contribution in [3.05, 3.63) is 41.6 Å². The van der Waals surface area contributed by atoms with Gasteiger partial charge in [-0.3, -0.25) is 4.72 Å². The summed E-state index contributed by atoms with van der Waals surface area (Å²) in [5.41, 5.74) is 0.837. The highest BCUT2D eigenvalue weighted by molar-refractivity contribution is 7.96. The predicted octanol–water partition coefficient (Wildman–Crippen LogP) is 2.33. The lowest BCUT2D eigenvalue weighted by Gasteiger charge is -2.07. The molecule has 2 aromatic heterocycles. The number of thiophene rings is 1. The molecule has 23 heavy (non-hydrogen) atoms. The fraction of sp³-hybridized carbons (Fsp3) is 0. The molecule has 122 valence electrons. The quantitative estimate of drug-likeness (QED) is 0.631. The molecule has 0 radical (unpaired) electrons. The summed E-state index contributed by atoms with van der Waals surface area (Å²) in [6.07, 6.45) is 1.55. The zero-order valence-electron chi connectivity index (χ0n) is 11.3. The van der Waals surface area contributed by atoms with Gasteiger partial charge in [0.25, 0.3) is 10.0 Å². The standard InChI is InChI=1S/C12H10ClN3O4S3/c13-8-6-15-12-7(8)2-1-3-9(12)16-23(19,20)11-5-4-10(21-11)22(14,17)18/h1-6,15-16H,(H2,14,17,18). The minimum absolute atomic E-state index is 0.156. The highest BCUT2D eigenvalue weighted by Gasteiger charge is 2.21. The van der Waals surface area contributed by atoms with E-state index in [9.17, 15) is 16.8 Å². The Morgan fingerprint density at radius 2 is 1.78 bits per heavy atom. The van der Waals surface area contributed by atoms with Crippen LogP contribution in [0.1, 0.15) is 0 Å². The van der Waals surface area contributed by atoms with Crippen LogP contribution in [-0.2, 0) is 20.0 Å². The molecular formula is C12H10ClN3O4S3. The first-order chi connectivity index (χ1) is 10.7. The molecule has 0 fully saturated rings. The van der Waals surface area contributed by atoms with E-state index in [1.54, 1.807) is 24.4 Å². The first-order valence-electron chi connectivity index (χ1n) is 6.09. The van der Waals surface area contributed by atoms with Gasteiger partial charge < -0.3 is 4.98 Å². The van der Waals surface area contributed by atoms with Crippen molar-refractivity contribution >= 4 is 59.6 Å². The lowest BCUT2D eigenvalue weighted by atomic mass is 10.2. The number of nitrogens with two attached hydrogens (primary N) is 1. The van der Waals surface area contributed by atoms with Gasteiger partial charge in [-0.1, -0.05) is 23.7 Å². The molecule has 3 rings (SSSR count). The Morgan fingerprint density at radius 1 is 1.09 bits per heavy atom. The molecule has 0 unspecified atom stereocenters. The molecule has 0 spiro atoms. The van der Waals surface area contributed by atoms with Crippen LogP contribution in [0, 0.1) is 0 Å². The maximum atomic E-state index is 12.4. The zero-order chi connectivity index (χ0) is 16.8. The molecule has 0 aliphatic carbocycles. The van der Waals surface area contributed by atoms with E-state index in [4.69, 9.17) is 16.7 Å². The van der Waals surface area contributed by atoms with E-state index in [0.29, 0.717) is 32.9 Å². The lowest BCUT2D eigenvalue weighted by Crippen LogP contribution is -2.12. The summed E-state index contributed by atoms with van der Waals surface area (Å²) < 4.78 is 49.4. The average molecular weight is 392 g/mol. The molecule has 7 nitrogen and oxygen atoms in total. The van der Waals surface area contributed by atoms with Crippen LogP contribution >= 0.6 is 22.9 Å². The van der Waals surface area contributed by atoms with Gasteiger partial charge in [-0.15, -0.1) is 11.3 Å². The molecule has 0 aliphatic rings. The number of aromatic nitrogens is 1. The summed E-state index contributed by atoms with van der Waals surface area (Å²) in [5.74, 6) is 0. The molecule has 0 saturated heterocycles. The van der Waals surface area contributed by atoms with Crippen LogP contribution < -0.4 is 9.86 Å². The second-order valence-corrected chi connectivity index (χ2v) is 9.78. The van der Waals surface area contributed by atoms with Gasteiger partial charge in [-0.2, -0.15) is 0 Å². The van der Waals surface area contributed by atoms with Crippen molar-refractivity contribution in [2.75, 3.05) is 4.72 Å². The molecule has 1 aromatic carbocycles. The summed E-state index contributed by atoms with van der Waals surface area (Å²) in [5, 5.41) is 6.13. The smallest absolute Gasteiger partial charge is 0.271 e. The number of anilines is 1. The number of halogens is 1. The highest BCUT2D eigenvalue weighted by atomic mass is 35.5. The summed E-state index contributed by atoms with van der Waals surface area (Å²) in [7, 11) is -7.89. The number of hydrogen-bond donors (Lipinski definition) is 3. The van der Waals surface area contributed by atoms with Gasteiger partial charge in [0.1, 0.15) is 8.42 Å². The van der Waals surface area contributed by atoms with E-state index in [1.165, 1.54) is 6.07 Å². The molecular weight excluding hydrogens is 382 g/mol. The van der Waals surface area contributed by atoms with Gasteiger partial charge in [0, 0.05) is 11.6 Å². The average Bonchev–Trinajstić information content (AvgIpc) is 3.07. The number of H-pyrrole nitrogens is 1. The van der Waals surface area contributed by atoms with Gasteiger partial charge in [-0.05, 0) is 18.2 Å².